The normalized spacial score (nSPS) is 10.4. The van der Waals surface area contributed by atoms with E-state index < -0.39 is 5.82 Å². The van der Waals surface area contributed by atoms with E-state index in [0.29, 0.717) is 40.9 Å². The molecular weight excluding hydrogens is 393 g/mol. The maximum Gasteiger partial charge on any atom is 0.257 e. The summed E-state index contributed by atoms with van der Waals surface area (Å²) in [5.74, 6) is -0.290. The highest BCUT2D eigenvalue weighted by molar-refractivity contribution is 7.14. The van der Waals surface area contributed by atoms with Crippen molar-refractivity contribution < 1.29 is 18.7 Å². The molecule has 0 fully saturated rings. The summed E-state index contributed by atoms with van der Waals surface area (Å²) in [5.41, 5.74) is 1.68. The molecule has 1 heterocycles. The number of hydrogen-bond acceptors (Lipinski definition) is 5. The zero-order valence-electron chi connectivity index (χ0n) is 15.8. The number of thiazole rings is 1. The average Bonchev–Trinajstić information content (AvgIpc) is 3.16. The molecule has 0 radical (unpaired) electrons. The summed E-state index contributed by atoms with van der Waals surface area (Å²) in [7, 11) is 0. The molecule has 3 aromatic rings. The van der Waals surface area contributed by atoms with Gasteiger partial charge in [0.25, 0.3) is 5.91 Å². The van der Waals surface area contributed by atoms with Gasteiger partial charge in [-0.3, -0.25) is 14.9 Å². The van der Waals surface area contributed by atoms with Crippen LogP contribution in [0.2, 0.25) is 0 Å². The van der Waals surface area contributed by atoms with E-state index >= 15 is 0 Å². The Morgan fingerprint density at radius 3 is 2.62 bits per heavy atom. The molecule has 2 N–H and O–H groups in total. The molecule has 1 aromatic heterocycles. The summed E-state index contributed by atoms with van der Waals surface area (Å²) in [6.07, 6.45) is 0.682. The van der Waals surface area contributed by atoms with Gasteiger partial charge in [-0.15, -0.1) is 11.3 Å². The van der Waals surface area contributed by atoms with Gasteiger partial charge in [0.05, 0.1) is 18.0 Å². The summed E-state index contributed by atoms with van der Waals surface area (Å²) in [6.45, 7) is 2.39. The van der Waals surface area contributed by atoms with Gasteiger partial charge in [-0.05, 0) is 49.7 Å². The fourth-order valence-electron chi connectivity index (χ4n) is 2.56. The van der Waals surface area contributed by atoms with Crippen molar-refractivity contribution >= 4 is 34.0 Å². The Balaban J connectivity index is 1.52. The van der Waals surface area contributed by atoms with Crippen LogP contribution in [0.1, 0.15) is 29.4 Å². The maximum atomic E-state index is 12.9. The largest absolute Gasteiger partial charge is 0.492 e. The Labute approximate surface area is 171 Å². The quantitative estimate of drug-likeness (QED) is 0.570. The topological polar surface area (TPSA) is 80.3 Å². The van der Waals surface area contributed by atoms with Crippen molar-refractivity contribution in [3.8, 4) is 5.75 Å². The smallest absolute Gasteiger partial charge is 0.257 e. The molecule has 0 aliphatic carbocycles. The molecule has 0 saturated carbocycles. The summed E-state index contributed by atoms with van der Waals surface area (Å²) in [5, 5.41) is 7.74. The van der Waals surface area contributed by atoms with Gasteiger partial charge in [0.2, 0.25) is 5.91 Å². The number of carbonyl (C=O) groups is 2. The number of nitrogens with zero attached hydrogens (tertiary/aromatic N) is 1. The number of nitrogens with one attached hydrogen (secondary N) is 2. The predicted octanol–water partition coefficient (Wildman–Crippen LogP) is 4.50. The van der Waals surface area contributed by atoms with E-state index in [9.17, 15) is 14.0 Å². The lowest BCUT2D eigenvalue weighted by molar-refractivity contribution is -0.116. The second kappa shape index (κ2) is 9.79. The van der Waals surface area contributed by atoms with Crippen LogP contribution in [-0.4, -0.2) is 23.4 Å². The first-order valence-corrected chi connectivity index (χ1v) is 9.96. The predicted molar refractivity (Wildman–Crippen MR) is 111 cm³/mol. The number of halogens is 1. The first-order valence-electron chi connectivity index (χ1n) is 9.08. The second-order valence-electron chi connectivity index (χ2n) is 6.08. The van der Waals surface area contributed by atoms with Crippen molar-refractivity contribution in [2.75, 3.05) is 17.2 Å². The molecule has 0 atom stereocenters. The molecular formula is C21H20FN3O3S. The van der Waals surface area contributed by atoms with Crippen LogP contribution in [0.3, 0.4) is 0 Å². The molecule has 3 rings (SSSR count). The lowest BCUT2D eigenvalue weighted by Crippen LogP contribution is -2.14. The third kappa shape index (κ3) is 5.86. The molecule has 29 heavy (non-hydrogen) atoms. The van der Waals surface area contributed by atoms with E-state index in [4.69, 9.17) is 4.74 Å². The molecule has 6 nitrogen and oxygen atoms in total. The minimum atomic E-state index is -0.403. The number of aromatic nitrogens is 1. The van der Waals surface area contributed by atoms with Crippen LogP contribution in [0.15, 0.2) is 53.9 Å². The van der Waals surface area contributed by atoms with E-state index in [-0.39, 0.29) is 18.2 Å². The number of benzene rings is 2. The van der Waals surface area contributed by atoms with Crippen LogP contribution in [0.4, 0.5) is 15.2 Å². The lowest BCUT2D eigenvalue weighted by atomic mass is 10.2. The van der Waals surface area contributed by atoms with Crippen LogP contribution in [-0.2, 0) is 11.2 Å². The van der Waals surface area contributed by atoms with Crippen molar-refractivity contribution in [2.24, 2.45) is 0 Å². The molecule has 150 valence electrons. The van der Waals surface area contributed by atoms with Crippen molar-refractivity contribution in [1.82, 2.24) is 4.98 Å². The van der Waals surface area contributed by atoms with Crippen LogP contribution in [0.25, 0.3) is 0 Å². The number of ether oxygens (including phenoxy) is 1. The van der Waals surface area contributed by atoms with E-state index in [2.05, 4.69) is 15.6 Å². The zero-order chi connectivity index (χ0) is 20.6. The third-order valence-electron chi connectivity index (χ3n) is 3.95. The minimum Gasteiger partial charge on any atom is -0.492 e. The van der Waals surface area contributed by atoms with E-state index in [1.807, 2.05) is 19.1 Å². The van der Waals surface area contributed by atoms with Crippen molar-refractivity contribution in [3.63, 3.8) is 0 Å². The van der Waals surface area contributed by atoms with E-state index in [1.165, 1.54) is 35.6 Å². The fourth-order valence-corrected chi connectivity index (χ4v) is 3.30. The highest BCUT2D eigenvalue weighted by Gasteiger charge is 2.11. The molecule has 0 unspecified atom stereocenters. The van der Waals surface area contributed by atoms with E-state index in [0.717, 1.165) is 0 Å². The number of carbonyl (C=O) groups excluding carboxylic acids is 2. The van der Waals surface area contributed by atoms with Gasteiger partial charge < -0.3 is 10.1 Å². The molecule has 2 aromatic carbocycles. The van der Waals surface area contributed by atoms with Gasteiger partial charge >= 0.3 is 0 Å². The van der Waals surface area contributed by atoms with Gasteiger partial charge in [-0.2, -0.15) is 0 Å². The SMILES string of the molecule is CCOc1ccccc1NC(=O)CCc1csc(NC(=O)c2ccc(F)cc2)n1. The number of amides is 2. The molecule has 0 bridgehead atoms. The van der Waals surface area contributed by atoms with Crippen LogP contribution in [0, 0.1) is 5.82 Å². The van der Waals surface area contributed by atoms with Gasteiger partial charge in [-0.25, -0.2) is 9.37 Å². The lowest BCUT2D eigenvalue weighted by Gasteiger charge is -2.10. The van der Waals surface area contributed by atoms with Crippen molar-refractivity contribution in [1.29, 1.82) is 0 Å². The number of hydrogen-bond donors (Lipinski definition) is 2. The van der Waals surface area contributed by atoms with E-state index in [1.54, 1.807) is 17.5 Å². The Kier molecular flexibility index (Phi) is 6.91. The molecule has 0 aliphatic heterocycles. The van der Waals surface area contributed by atoms with Gasteiger partial charge in [0.1, 0.15) is 11.6 Å². The van der Waals surface area contributed by atoms with Gasteiger partial charge in [-0.1, -0.05) is 12.1 Å². The number of anilines is 2. The van der Waals surface area contributed by atoms with Crippen LogP contribution >= 0.6 is 11.3 Å². The monoisotopic (exact) mass is 413 g/mol. The number of rotatable bonds is 8. The highest BCUT2D eigenvalue weighted by Crippen LogP contribution is 2.24. The number of aryl methyl sites for hydroxylation is 1. The van der Waals surface area contributed by atoms with Crippen molar-refractivity contribution in [2.45, 2.75) is 19.8 Å². The first-order chi connectivity index (χ1) is 14.0. The Morgan fingerprint density at radius 2 is 1.86 bits per heavy atom. The summed E-state index contributed by atoms with van der Waals surface area (Å²) in [4.78, 5) is 28.7. The minimum absolute atomic E-state index is 0.151. The second-order valence-corrected chi connectivity index (χ2v) is 6.94. The molecule has 0 spiro atoms. The standard InChI is InChI=1S/C21H20FN3O3S/c1-2-28-18-6-4-3-5-17(18)24-19(26)12-11-16-13-29-21(23-16)25-20(27)14-7-9-15(22)10-8-14/h3-10,13H,2,11-12H2,1H3,(H,24,26)(H,23,25,27). The van der Waals surface area contributed by atoms with Gasteiger partial charge in [0.15, 0.2) is 5.13 Å². The third-order valence-corrected chi connectivity index (χ3v) is 4.75. The highest BCUT2D eigenvalue weighted by atomic mass is 32.1. The first kappa shape index (κ1) is 20.5. The Morgan fingerprint density at radius 1 is 1.10 bits per heavy atom. The average molecular weight is 413 g/mol. The van der Waals surface area contributed by atoms with Gasteiger partial charge in [0, 0.05) is 17.4 Å². The zero-order valence-corrected chi connectivity index (χ0v) is 16.6. The summed E-state index contributed by atoms with van der Waals surface area (Å²) in [6, 6.07) is 12.5. The number of para-hydroxylation sites is 2. The fraction of sp³-hybridized carbons (Fsp3) is 0.190. The molecule has 2 amide bonds. The van der Waals surface area contributed by atoms with Crippen LogP contribution in [0.5, 0.6) is 5.75 Å². The Hall–Kier alpha value is -3.26. The summed E-state index contributed by atoms with van der Waals surface area (Å²) >= 11 is 1.27. The summed E-state index contributed by atoms with van der Waals surface area (Å²) < 4.78 is 18.4. The Bertz CT molecular complexity index is 989. The molecule has 0 saturated heterocycles. The maximum absolute atomic E-state index is 12.9. The molecule has 8 heteroatoms. The van der Waals surface area contributed by atoms with Crippen molar-refractivity contribution in [3.05, 3.63) is 71.0 Å². The molecule has 0 aliphatic rings. The van der Waals surface area contributed by atoms with Crippen LogP contribution < -0.4 is 15.4 Å².